The van der Waals surface area contributed by atoms with E-state index in [0.717, 1.165) is 11.1 Å². The number of hydrogen-bond acceptors (Lipinski definition) is 11. The Kier molecular flexibility index (Phi) is 13.5. The predicted octanol–water partition coefficient (Wildman–Crippen LogP) is 0.0990. The molecule has 2 heterocycles. The number of carbonyl (C=O) groups excluding carboxylic acids is 1. The number of carboxylic acid groups (broad SMARTS) is 1. The summed E-state index contributed by atoms with van der Waals surface area (Å²) >= 11 is 0. The number of nitrogens with one attached hydrogen (secondary N) is 3. The third kappa shape index (κ3) is 11.0. The fourth-order valence-electron chi connectivity index (χ4n) is 3.59. The number of amides is 2. The van der Waals surface area contributed by atoms with Gasteiger partial charge >= 0.3 is 23.7 Å². The van der Waals surface area contributed by atoms with E-state index < -0.39 is 5.97 Å². The molecular formula is C26H37N7O9. The first kappa shape index (κ1) is 32.3. The van der Waals surface area contributed by atoms with Gasteiger partial charge in [-0.25, -0.2) is 9.59 Å². The summed E-state index contributed by atoms with van der Waals surface area (Å²) in [6.07, 6.45) is -0.0346. The average molecular weight is 592 g/mol. The minimum atomic E-state index is -0.901. The number of aliphatic carboxylic acids is 1. The van der Waals surface area contributed by atoms with E-state index in [2.05, 4.69) is 25.6 Å². The minimum Gasteiger partial charge on any atom is -0.481 e. The van der Waals surface area contributed by atoms with Crippen molar-refractivity contribution >= 4 is 29.0 Å². The summed E-state index contributed by atoms with van der Waals surface area (Å²) in [5, 5.41) is 14.0. The molecule has 0 aliphatic rings. The number of ether oxygens (including phenoxy) is 5. The average Bonchev–Trinajstić information content (AvgIpc) is 3.28. The van der Waals surface area contributed by atoms with Gasteiger partial charge in [-0.05, 0) is 11.1 Å². The molecule has 16 heteroatoms. The number of nitrogens with zero attached hydrogens (tertiary/aromatic N) is 3. The lowest BCUT2D eigenvalue weighted by Crippen LogP contribution is -2.37. The molecule has 0 unspecified atom stereocenters. The van der Waals surface area contributed by atoms with Crippen LogP contribution in [-0.4, -0.2) is 103 Å². The third-order valence-corrected chi connectivity index (χ3v) is 5.70. The maximum Gasteiger partial charge on any atom is 0.328 e. The Hall–Kier alpha value is -4.25. The maximum absolute atomic E-state index is 12.6. The second kappa shape index (κ2) is 17.5. The van der Waals surface area contributed by atoms with Crippen LogP contribution < -0.4 is 26.8 Å². The zero-order chi connectivity index (χ0) is 30.2. The molecule has 16 nitrogen and oxygen atoms in total. The van der Waals surface area contributed by atoms with Crippen LogP contribution >= 0.6 is 0 Å². The van der Waals surface area contributed by atoms with E-state index in [-0.39, 0.29) is 49.7 Å². The number of aromatic amines is 1. The minimum absolute atomic E-state index is 0.0346. The summed E-state index contributed by atoms with van der Waals surface area (Å²) in [5.41, 5.74) is 8.00. The van der Waals surface area contributed by atoms with Crippen molar-refractivity contribution in [2.24, 2.45) is 0 Å². The molecule has 0 saturated heterocycles. The molecule has 0 aliphatic heterocycles. The highest BCUT2D eigenvalue weighted by molar-refractivity contribution is 5.82. The zero-order valence-corrected chi connectivity index (χ0v) is 23.4. The molecule has 6 N–H and O–H groups in total. The Labute approximate surface area is 241 Å². The quantitative estimate of drug-likeness (QED) is 0.111. The smallest absolute Gasteiger partial charge is 0.328 e. The summed E-state index contributed by atoms with van der Waals surface area (Å²) in [5.74, 6) is -0.792. The second-order valence-corrected chi connectivity index (χ2v) is 8.85. The summed E-state index contributed by atoms with van der Waals surface area (Å²) < 4.78 is 27.7. The fourth-order valence-corrected chi connectivity index (χ4v) is 3.59. The van der Waals surface area contributed by atoms with Gasteiger partial charge in [0.1, 0.15) is 12.1 Å². The summed E-state index contributed by atoms with van der Waals surface area (Å²) in [6.45, 7) is 3.35. The number of aromatic nitrogens is 4. The van der Waals surface area contributed by atoms with Gasteiger partial charge in [-0.1, -0.05) is 24.3 Å². The van der Waals surface area contributed by atoms with Crippen LogP contribution in [0.1, 0.15) is 17.5 Å². The van der Waals surface area contributed by atoms with Crippen LogP contribution in [-0.2, 0) is 36.8 Å². The first-order valence-corrected chi connectivity index (χ1v) is 13.3. The topological polar surface area (TPSA) is 214 Å². The Morgan fingerprint density at radius 1 is 0.929 bits per heavy atom. The molecule has 0 atom stereocenters. The first-order chi connectivity index (χ1) is 20.4. The van der Waals surface area contributed by atoms with E-state index in [1.165, 1.54) is 4.57 Å². The van der Waals surface area contributed by atoms with E-state index in [1.807, 2.05) is 24.3 Å². The molecule has 0 aliphatic carbocycles. The van der Waals surface area contributed by atoms with E-state index in [0.29, 0.717) is 63.9 Å². The number of hydrogen-bond donors (Lipinski definition) is 5. The van der Waals surface area contributed by atoms with Gasteiger partial charge in [0, 0.05) is 20.2 Å². The number of H-pyrrole nitrogens is 1. The SMILES string of the molecule is COCCOc1nc(N)c2[nH]c(=O)n(Cc3ccc(CNC(=O)NCCOCCOCCOCCC(=O)O)cc3)c2n1. The molecule has 0 bridgehead atoms. The molecule has 3 rings (SSSR count). The highest BCUT2D eigenvalue weighted by atomic mass is 16.5. The molecular weight excluding hydrogens is 554 g/mol. The standard InChI is InChI=1S/C26H37N7O9/c1-38-10-15-42-25-31-22(27)21-23(32-25)33(26(37)30-21)17-19-4-2-18(3-5-19)16-29-24(36)28-7-9-40-12-14-41-13-11-39-8-6-20(34)35/h2-5H,6-17H2,1H3,(H,30,37)(H,34,35)(H2,27,31,32)(H2,28,29,36). The van der Waals surface area contributed by atoms with Crippen molar-refractivity contribution in [3.63, 3.8) is 0 Å². The van der Waals surface area contributed by atoms with Crippen molar-refractivity contribution in [2.75, 3.05) is 72.2 Å². The second-order valence-electron chi connectivity index (χ2n) is 8.85. The number of nitrogens with two attached hydrogens (primary N) is 1. The number of urea groups is 1. The number of carbonyl (C=O) groups is 2. The van der Waals surface area contributed by atoms with Gasteiger partial charge in [0.2, 0.25) is 0 Å². The lowest BCUT2D eigenvalue weighted by molar-refractivity contribution is -0.138. The van der Waals surface area contributed by atoms with Gasteiger partial charge in [0.15, 0.2) is 11.5 Å². The third-order valence-electron chi connectivity index (χ3n) is 5.70. The van der Waals surface area contributed by atoms with Crippen LogP contribution in [0.25, 0.3) is 11.2 Å². The number of fused-ring (bicyclic) bond motifs is 1. The number of methoxy groups -OCH3 is 1. The monoisotopic (exact) mass is 591 g/mol. The van der Waals surface area contributed by atoms with Gasteiger partial charge in [0.05, 0.1) is 59.2 Å². The van der Waals surface area contributed by atoms with Crippen molar-refractivity contribution in [3.8, 4) is 6.01 Å². The van der Waals surface area contributed by atoms with E-state index >= 15 is 0 Å². The lowest BCUT2D eigenvalue weighted by Gasteiger charge is -2.10. The molecule has 42 heavy (non-hydrogen) atoms. The largest absolute Gasteiger partial charge is 0.481 e. The maximum atomic E-state index is 12.6. The van der Waals surface area contributed by atoms with E-state index in [4.69, 9.17) is 34.5 Å². The van der Waals surface area contributed by atoms with Crippen LogP contribution in [0.15, 0.2) is 29.1 Å². The first-order valence-electron chi connectivity index (χ1n) is 13.3. The van der Waals surface area contributed by atoms with Gasteiger partial charge in [-0.3, -0.25) is 9.36 Å². The molecule has 230 valence electrons. The number of imidazole rings is 1. The predicted molar refractivity (Wildman–Crippen MR) is 150 cm³/mol. The number of nitrogen functional groups attached to an aromatic ring is 1. The zero-order valence-electron chi connectivity index (χ0n) is 23.4. The van der Waals surface area contributed by atoms with Crippen molar-refractivity contribution in [1.82, 2.24) is 30.2 Å². The number of anilines is 1. The molecule has 1 aromatic carbocycles. The summed E-state index contributed by atoms with van der Waals surface area (Å²) in [7, 11) is 1.55. The van der Waals surface area contributed by atoms with Gasteiger partial charge < -0.3 is 50.1 Å². The highest BCUT2D eigenvalue weighted by Gasteiger charge is 2.15. The summed E-state index contributed by atoms with van der Waals surface area (Å²) in [6, 6.07) is 7.16. The molecule has 0 radical (unpaired) electrons. The van der Waals surface area contributed by atoms with Crippen LogP contribution in [0.4, 0.5) is 10.6 Å². The van der Waals surface area contributed by atoms with Crippen LogP contribution in [0, 0.1) is 0 Å². The van der Waals surface area contributed by atoms with Gasteiger partial charge in [0.25, 0.3) is 0 Å². The number of carboxylic acids is 1. The number of rotatable bonds is 20. The normalized spacial score (nSPS) is 11.1. The Morgan fingerprint density at radius 2 is 1.60 bits per heavy atom. The van der Waals surface area contributed by atoms with E-state index in [1.54, 1.807) is 7.11 Å². The van der Waals surface area contributed by atoms with Crippen molar-refractivity contribution < 1.29 is 38.4 Å². The van der Waals surface area contributed by atoms with Crippen molar-refractivity contribution in [3.05, 3.63) is 45.9 Å². The Bertz CT molecular complexity index is 1330. The molecule has 3 aromatic rings. The lowest BCUT2D eigenvalue weighted by atomic mass is 10.1. The number of benzene rings is 1. The van der Waals surface area contributed by atoms with Gasteiger partial charge in [-0.2, -0.15) is 9.97 Å². The van der Waals surface area contributed by atoms with Crippen LogP contribution in [0.3, 0.4) is 0 Å². The van der Waals surface area contributed by atoms with Crippen LogP contribution in [0.5, 0.6) is 6.01 Å². The molecule has 0 spiro atoms. The summed E-state index contributed by atoms with van der Waals surface area (Å²) in [4.78, 5) is 46.1. The van der Waals surface area contributed by atoms with Crippen molar-refractivity contribution in [2.45, 2.75) is 19.5 Å². The van der Waals surface area contributed by atoms with E-state index in [9.17, 15) is 14.4 Å². The van der Waals surface area contributed by atoms with Crippen molar-refractivity contribution in [1.29, 1.82) is 0 Å². The molecule has 0 saturated carbocycles. The van der Waals surface area contributed by atoms with Crippen LogP contribution in [0.2, 0.25) is 0 Å². The fraction of sp³-hybridized carbons (Fsp3) is 0.500. The van der Waals surface area contributed by atoms with Gasteiger partial charge in [-0.15, -0.1) is 0 Å². The Morgan fingerprint density at radius 3 is 2.29 bits per heavy atom. The Balaban J connectivity index is 1.34. The highest BCUT2D eigenvalue weighted by Crippen LogP contribution is 2.18. The molecule has 2 aromatic heterocycles. The molecule has 0 fully saturated rings. The molecule has 2 amide bonds.